The monoisotopic (exact) mass is 606 g/mol. The number of aryl methyl sites for hydroxylation is 1. The smallest absolute Gasteiger partial charge is 0.356 e. The Balaban J connectivity index is 1.37. The number of amides is 2. The number of carbonyl (C=O) groups excluding carboxylic acids is 3. The molecular weight excluding hydrogens is 579 g/mol. The zero-order valence-electron chi connectivity index (χ0n) is 23.2. The highest BCUT2D eigenvalue weighted by atomic mass is 35.5. The molecule has 0 unspecified atom stereocenters. The van der Waals surface area contributed by atoms with Gasteiger partial charge in [0.15, 0.2) is 0 Å². The van der Waals surface area contributed by atoms with Crippen LogP contribution < -0.4 is 15.0 Å². The Hall–Kier alpha value is -4.47. The van der Waals surface area contributed by atoms with Crippen LogP contribution >= 0.6 is 23.2 Å². The van der Waals surface area contributed by atoms with E-state index in [1.165, 1.54) is 29.3 Å². The number of fused-ring (bicyclic) bond motifs is 1. The normalized spacial score (nSPS) is 11.0. The molecule has 2 aromatic heterocycles. The number of anilines is 1. The van der Waals surface area contributed by atoms with E-state index in [4.69, 9.17) is 32.7 Å². The van der Waals surface area contributed by atoms with Crippen LogP contribution in [0, 0.1) is 6.92 Å². The molecule has 42 heavy (non-hydrogen) atoms. The second kappa shape index (κ2) is 13.9. The Bertz CT molecular complexity index is 1660. The van der Waals surface area contributed by atoms with Crippen molar-refractivity contribution in [2.75, 3.05) is 25.1 Å². The molecule has 11 heteroatoms. The molecule has 0 saturated heterocycles. The fourth-order valence-corrected chi connectivity index (χ4v) is 4.54. The molecule has 0 bridgehead atoms. The molecule has 1 N–H and O–H groups in total. The number of para-hydroxylation sites is 1. The Morgan fingerprint density at radius 2 is 1.86 bits per heavy atom. The molecule has 0 saturated carbocycles. The molecule has 216 valence electrons. The molecule has 0 aliphatic rings. The Labute approximate surface area is 253 Å². The highest BCUT2D eigenvalue weighted by Crippen LogP contribution is 2.35. The minimum atomic E-state index is -0.522. The molecule has 4 rings (SSSR count). The second-order valence-electron chi connectivity index (χ2n) is 9.13. The molecule has 2 heterocycles. The molecule has 2 amide bonds. The number of hydrogen-bond donors (Lipinski definition) is 1. The first kappa shape index (κ1) is 30.5. The van der Waals surface area contributed by atoms with E-state index in [0.717, 1.165) is 16.6 Å². The average Bonchev–Trinajstić information content (AvgIpc) is 2.99. The maximum absolute atomic E-state index is 12.9. The van der Waals surface area contributed by atoms with Crippen molar-refractivity contribution in [3.63, 3.8) is 0 Å². The quantitative estimate of drug-likeness (QED) is 0.179. The van der Waals surface area contributed by atoms with E-state index in [1.807, 2.05) is 37.3 Å². The Morgan fingerprint density at radius 3 is 2.60 bits per heavy atom. The molecule has 0 atom stereocenters. The van der Waals surface area contributed by atoms with E-state index in [9.17, 15) is 14.4 Å². The molecule has 0 aliphatic carbocycles. The minimum Gasteiger partial charge on any atom is -0.487 e. The second-order valence-corrected chi connectivity index (χ2v) is 9.91. The molecule has 0 fully saturated rings. The van der Waals surface area contributed by atoms with Gasteiger partial charge < -0.3 is 19.7 Å². The van der Waals surface area contributed by atoms with Gasteiger partial charge in [0.25, 0.3) is 0 Å². The summed E-state index contributed by atoms with van der Waals surface area (Å²) >= 11 is 13.1. The van der Waals surface area contributed by atoms with Gasteiger partial charge in [-0.2, -0.15) is 0 Å². The zero-order valence-corrected chi connectivity index (χ0v) is 24.7. The number of benzene rings is 2. The molecule has 0 spiro atoms. The summed E-state index contributed by atoms with van der Waals surface area (Å²) in [6.07, 6.45) is 4.22. The first-order valence-corrected chi connectivity index (χ1v) is 13.7. The van der Waals surface area contributed by atoms with Crippen molar-refractivity contribution in [1.29, 1.82) is 0 Å². The summed E-state index contributed by atoms with van der Waals surface area (Å²) in [5.41, 5.74) is 3.27. The third kappa shape index (κ3) is 7.43. The lowest BCUT2D eigenvalue weighted by Crippen LogP contribution is -2.37. The number of pyridine rings is 2. The van der Waals surface area contributed by atoms with Gasteiger partial charge >= 0.3 is 5.97 Å². The van der Waals surface area contributed by atoms with E-state index in [-0.39, 0.29) is 30.5 Å². The van der Waals surface area contributed by atoms with Gasteiger partial charge in [-0.15, -0.1) is 0 Å². The lowest BCUT2D eigenvalue weighted by atomic mass is 10.1. The summed E-state index contributed by atoms with van der Waals surface area (Å²) in [5, 5.41) is 4.13. The van der Waals surface area contributed by atoms with Gasteiger partial charge in [0, 0.05) is 41.0 Å². The average molecular weight is 607 g/mol. The number of likely N-dealkylation sites (N-methyl/N-ethyl adjacent to an activating group) is 1. The minimum absolute atomic E-state index is 0.0550. The summed E-state index contributed by atoms with van der Waals surface area (Å²) in [7, 11) is 1.55. The van der Waals surface area contributed by atoms with Crippen molar-refractivity contribution in [1.82, 2.24) is 15.3 Å². The summed E-state index contributed by atoms with van der Waals surface area (Å²) in [4.78, 5) is 46.8. The van der Waals surface area contributed by atoms with Gasteiger partial charge in [0.1, 0.15) is 23.6 Å². The van der Waals surface area contributed by atoms with Crippen molar-refractivity contribution < 1.29 is 23.9 Å². The first-order chi connectivity index (χ1) is 20.2. The van der Waals surface area contributed by atoms with Crippen LogP contribution in [0.25, 0.3) is 17.0 Å². The maximum Gasteiger partial charge on any atom is 0.356 e. The van der Waals surface area contributed by atoms with Gasteiger partial charge in [-0.3, -0.25) is 9.59 Å². The number of halogens is 2. The lowest BCUT2D eigenvalue weighted by molar-refractivity contribution is -0.122. The van der Waals surface area contributed by atoms with E-state index >= 15 is 0 Å². The van der Waals surface area contributed by atoms with Crippen molar-refractivity contribution in [2.45, 2.75) is 20.5 Å². The predicted octanol–water partition coefficient (Wildman–Crippen LogP) is 5.79. The Morgan fingerprint density at radius 1 is 1.05 bits per heavy atom. The molecule has 0 radical (unpaired) electrons. The number of aromatic nitrogens is 2. The van der Waals surface area contributed by atoms with Crippen LogP contribution in [0.4, 0.5) is 5.69 Å². The standard InChI is InChI=1S/C31H28Cl2N4O5/c1-4-41-31(40)24-13-9-20(16-34-24)10-15-27(38)35-17-28(39)37(3)25-14-12-23(32)22(29(25)33)18-42-26-7-5-6-21-11-8-19(2)36-30(21)26/h5-16H,4,17-18H2,1-3H3,(H,35,38)/b15-10+. The third-order valence-electron chi connectivity index (χ3n) is 6.21. The van der Waals surface area contributed by atoms with Gasteiger partial charge in [0.05, 0.1) is 23.9 Å². The number of nitrogens with one attached hydrogen (secondary N) is 1. The van der Waals surface area contributed by atoms with Gasteiger partial charge in [0.2, 0.25) is 11.8 Å². The van der Waals surface area contributed by atoms with Crippen LogP contribution in [-0.4, -0.2) is 48.0 Å². The fraction of sp³-hybridized carbons (Fsp3) is 0.194. The highest BCUT2D eigenvalue weighted by Gasteiger charge is 2.19. The van der Waals surface area contributed by atoms with E-state index in [2.05, 4.69) is 15.3 Å². The van der Waals surface area contributed by atoms with Crippen LogP contribution in [-0.2, 0) is 20.9 Å². The summed E-state index contributed by atoms with van der Waals surface area (Å²) in [6.45, 7) is 3.65. The number of ether oxygens (including phenoxy) is 2. The Kier molecular flexibility index (Phi) is 10.1. The van der Waals surface area contributed by atoms with Crippen LogP contribution in [0.3, 0.4) is 0 Å². The van der Waals surface area contributed by atoms with E-state index in [0.29, 0.717) is 27.6 Å². The number of nitrogens with zero attached hydrogens (tertiary/aromatic N) is 3. The van der Waals surface area contributed by atoms with Crippen LogP contribution in [0.5, 0.6) is 5.75 Å². The van der Waals surface area contributed by atoms with Crippen molar-refractivity contribution >= 4 is 63.7 Å². The SMILES string of the molecule is CCOC(=O)c1ccc(/C=C/C(=O)NCC(=O)N(C)c2ccc(Cl)c(COc3cccc4ccc(C)nc34)c2Cl)cn1. The molecule has 9 nitrogen and oxygen atoms in total. The number of rotatable bonds is 10. The summed E-state index contributed by atoms with van der Waals surface area (Å²) < 4.78 is 11.0. The molecular formula is C31H28Cl2N4O5. The zero-order chi connectivity index (χ0) is 30.2. The number of esters is 1. The van der Waals surface area contributed by atoms with Crippen LogP contribution in [0.1, 0.15) is 34.2 Å². The maximum atomic E-state index is 12.9. The van der Waals surface area contributed by atoms with E-state index < -0.39 is 17.8 Å². The summed E-state index contributed by atoms with van der Waals surface area (Å²) in [6, 6.07) is 16.0. The number of carbonyl (C=O) groups is 3. The molecule has 2 aromatic carbocycles. The topological polar surface area (TPSA) is 111 Å². The molecule has 4 aromatic rings. The van der Waals surface area contributed by atoms with Crippen LogP contribution in [0.15, 0.2) is 66.9 Å². The van der Waals surface area contributed by atoms with Crippen molar-refractivity contribution in [3.8, 4) is 5.75 Å². The van der Waals surface area contributed by atoms with Gasteiger partial charge in [-0.1, -0.05) is 47.5 Å². The third-order valence-corrected chi connectivity index (χ3v) is 6.98. The van der Waals surface area contributed by atoms with Crippen molar-refractivity contribution in [2.24, 2.45) is 0 Å². The van der Waals surface area contributed by atoms with Crippen molar-refractivity contribution in [3.05, 3.63) is 99.4 Å². The van der Waals surface area contributed by atoms with Crippen LogP contribution in [0.2, 0.25) is 10.0 Å². The fourth-order valence-electron chi connectivity index (χ4n) is 3.94. The number of hydrogen-bond acceptors (Lipinski definition) is 7. The lowest BCUT2D eigenvalue weighted by Gasteiger charge is -2.21. The predicted molar refractivity (Wildman–Crippen MR) is 163 cm³/mol. The summed E-state index contributed by atoms with van der Waals surface area (Å²) in [5.74, 6) is -0.825. The first-order valence-electron chi connectivity index (χ1n) is 13.0. The largest absolute Gasteiger partial charge is 0.487 e. The molecule has 0 aliphatic heterocycles. The van der Waals surface area contributed by atoms with Gasteiger partial charge in [-0.05, 0) is 55.8 Å². The van der Waals surface area contributed by atoms with Gasteiger partial charge in [-0.25, -0.2) is 14.8 Å². The van der Waals surface area contributed by atoms with E-state index in [1.54, 1.807) is 32.2 Å². The highest BCUT2D eigenvalue weighted by molar-refractivity contribution is 6.38.